The van der Waals surface area contributed by atoms with Gasteiger partial charge in [0.15, 0.2) is 5.13 Å². The van der Waals surface area contributed by atoms with Crippen molar-refractivity contribution in [3.8, 4) is 16.9 Å². The molecule has 0 bridgehead atoms. The molecule has 2 amide bonds. The number of nitrogens with zero attached hydrogens (tertiary/aromatic N) is 4. The van der Waals surface area contributed by atoms with Crippen LogP contribution in [0.3, 0.4) is 0 Å². The van der Waals surface area contributed by atoms with E-state index in [4.69, 9.17) is 4.74 Å². The Morgan fingerprint density at radius 1 is 1.09 bits per heavy atom. The second-order valence-corrected chi connectivity index (χ2v) is 8.90. The summed E-state index contributed by atoms with van der Waals surface area (Å²) in [7, 11) is 1.60. The fourth-order valence-corrected chi connectivity index (χ4v) is 4.89. The lowest BCUT2D eigenvalue weighted by Crippen LogP contribution is -2.25. The quantitative estimate of drug-likeness (QED) is 0.465. The normalized spacial score (nSPS) is 12.4. The lowest BCUT2D eigenvalue weighted by atomic mass is 9.99. The van der Waals surface area contributed by atoms with Crippen LogP contribution in [0, 0.1) is 6.92 Å². The Kier molecular flexibility index (Phi) is 5.77. The van der Waals surface area contributed by atoms with Gasteiger partial charge in [-0.2, -0.15) is 0 Å². The van der Waals surface area contributed by atoms with Crippen LogP contribution in [0.15, 0.2) is 61.1 Å². The molecule has 0 atom stereocenters. The number of methoxy groups -OCH3 is 1. The second kappa shape index (κ2) is 9.03. The van der Waals surface area contributed by atoms with E-state index in [0.717, 1.165) is 27.4 Å². The van der Waals surface area contributed by atoms with Gasteiger partial charge >= 0.3 is 0 Å². The number of pyridine rings is 2. The van der Waals surface area contributed by atoms with Crippen molar-refractivity contribution in [2.24, 2.45) is 0 Å². The number of aryl methyl sites for hydroxylation is 1. The Morgan fingerprint density at radius 2 is 1.88 bits per heavy atom. The van der Waals surface area contributed by atoms with Crippen LogP contribution in [-0.4, -0.2) is 38.8 Å². The minimum absolute atomic E-state index is 0.0645. The number of benzene rings is 1. The van der Waals surface area contributed by atoms with E-state index in [1.807, 2.05) is 37.3 Å². The maximum Gasteiger partial charge on any atom is 0.259 e. The van der Waals surface area contributed by atoms with Gasteiger partial charge in [-0.15, -0.1) is 0 Å². The van der Waals surface area contributed by atoms with Crippen molar-refractivity contribution in [2.75, 3.05) is 12.4 Å². The number of para-hydroxylation sites is 1. The highest BCUT2D eigenvalue weighted by atomic mass is 32.1. The lowest BCUT2D eigenvalue weighted by molar-refractivity contribution is 0.0750. The van der Waals surface area contributed by atoms with Gasteiger partial charge in [0.05, 0.1) is 36.3 Å². The monoisotopic (exact) mass is 471 g/mol. The molecule has 0 fully saturated rings. The summed E-state index contributed by atoms with van der Waals surface area (Å²) in [4.78, 5) is 41.5. The topological polar surface area (TPSA) is 97.3 Å². The summed E-state index contributed by atoms with van der Waals surface area (Å²) >= 11 is 1.38. The van der Waals surface area contributed by atoms with E-state index in [1.165, 1.54) is 11.3 Å². The summed E-state index contributed by atoms with van der Waals surface area (Å²) < 4.78 is 5.50. The van der Waals surface area contributed by atoms with E-state index in [2.05, 4.69) is 20.3 Å². The van der Waals surface area contributed by atoms with Crippen LogP contribution in [0.25, 0.3) is 11.1 Å². The minimum atomic E-state index is -0.300. The van der Waals surface area contributed by atoms with E-state index in [-0.39, 0.29) is 11.8 Å². The molecule has 170 valence electrons. The lowest BCUT2D eigenvalue weighted by Gasteiger charge is -2.15. The summed E-state index contributed by atoms with van der Waals surface area (Å²) in [5.74, 6) is 0.310. The second-order valence-electron chi connectivity index (χ2n) is 7.81. The number of aromatic nitrogens is 3. The minimum Gasteiger partial charge on any atom is -0.496 e. The number of carbonyl (C=O) groups is 2. The van der Waals surface area contributed by atoms with Gasteiger partial charge < -0.3 is 9.64 Å². The molecule has 3 aromatic heterocycles. The molecule has 1 aliphatic rings. The van der Waals surface area contributed by atoms with Crippen LogP contribution in [-0.2, 0) is 13.1 Å². The van der Waals surface area contributed by atoms with Gasteiger partial charge in [-0.1, -0.05) is 29.5 Å². The fourth-order valence-electron chi connectivity index (χ4n) is 3.91. The molecule has 4 heterocycles. The van der Waals surface area contributed by atoms with Crippen molar-refractivity contribution in [2.45, 2.75) is 20.0 Å². The maximum absolute atomic E-state index is 13.2. The van der Waals surface area contributed by atoms with Crippen molar-refractivity contribution >= 4 is 28.3 Å². The van der Waals surface area contributed by atoms with E-state index in [1.54, 1.807) is 42.7 Å². The number of carbonyl (C=O) groups excluding carboxylic acids is 2. The van der Waals surface area contributed by atoms with E-state index < -0.39 is 0 Å². The first-order valence-corrected chi connectivity index (χ1v) is 11.4. The first kappa shape index (κ1) is 21.7. The molecule has 9 heteroatoms. The molecular formula is C25H21N5O3S. The Labute approximate surface area is 200 Å². The summed E-state index contributed by atoms with van der Waals surface area (Å²) in [5.41, 5.74) is 4.17. The predicted molar refractivity (Wildman–Crippen MR) is 129 cm³/mol. The molecule has 8 nitrogen and oxygen atoms in total. The van der Waals surface area contributed by atoms with Crippen molar-refractivity contribution in [3.63, 3.8) is 0 Å². The number of nitrogens with one attached hydrogen (secondary N) is 1. The first-order valence-electron chi connectivity index (χ1n) is 10.6. The average molecular weight is 472 g/mol. The third-order valence-corrected chi connectivity index (χ3v) is 6.57. The molecule has 1 aliphatic heterocycles. The highest BCUT2D eigenvalue weighted by molar-refractivity contribution is 7.16. The van der Waals surface area contributed by atoms with E-state index >= 15 is 0 Å². The van der Waals surface area contributed by atoms with Crippen LogP contribution in [0.2, 0.25) is 0 Å². The van der Waals surface area contributed by atoms with Crippen molar-refractivity contribution < 1.29 is 14.3 Å². The number of amides is 2. The zero-order valence-electron chi connectivity index (χ0n) is 18.6. The van der Waals surface area contributed by atoms with Crippen LogP contribution in [0.5, 0.6) is 5.75 Å². The van der Waals surface area contributed by atoms with Gasteiger partial charge in [0, 0.05) is 41.0 Å². The Bertz CT molecular complexity index is 1360. The molecule has 34 heavy (non-hydrogen) atoms. The molecule has 0 aliphatic carbocycles. The number of anilines is 1. The van der Waals surface area contributed by atoms with Gasteiger partial charge in [0.1, 0.15) is 5.75 Å². The maximum atomic E-state index is 13.2. The molecule has 0 saturated heterocycles. The molecule has 5 rings (SSSR count). The third-order valence-electron chi connectivity index (χ3n) is 5.57. The van der Waals surface area contributed by atoms with Crippen molar-refractivity contribution in [1.82, 2.24) is 19.9 Å². The number of fused-ring (bicyclic) bond motifs is 1. The van der Waals surface area contributed by atoms with Crippen molar-refractivity contribution in [3.05, 3.63) is 88.4 Å². The smallest absolute Gasteiger partial charge is 0.259 e. The number of hydrogen-bond acceptors (Lipinski definition) is 7. The van der Waals surface area contributed by atoms with Crippen LogP contribution >= 0.6 is 11.3 Å². The van der Waals surface area contributed by atoms with Crippen LogP contribution in [0.4, 0.5) is 5.13 Å². The molecular weight excluding hydrogens is 450 g/mol. The number of hydrogen-bond donors (Lipinski definition) is 1. The number of rotatable bonds is 5. The van der Waals surface area contributed by atoms with E-state index in [0.29, 0.717) is 35.1 Å². The number of ether oxygens (including phenoxy) is 1. The molecule has 0 radical (unpaired) electrons. The van der Waals surface area contributed by atoms with Gasteiger partial charge in [0.25, 0.3) is 11.8 Å². The zero-order chi connectivity index (χ0) is 23.7. The first-order chi connectivity index (χ1) is 16.5. The standard InChI is InChI=1S/C25H21N5O3S/c1-15-11-18(17-5-3-4-6-21(17)33-2)19(12-27-15)23(31)29-25-28-20-13-30(14-22(20)34-25)24(32)16-7-9-26-10-8-16/h3-12H,13-14H2,1-2H3,(H,28,29,31). The molecule has 4 aromatic rings. The van der Waals surface area contributed by atoms with Crippen LogP contribution < -0.4 is 10.1 Å². The van der Waals surface area contributed by atoms with Crippen molar-refractivity contribution in [1.29, 1.82) is 0 Å². The van der Waals surface area contributed by atoms with E-state index in [9.17, 15) is 9.59 Å². The van der Waals surface area contributed by atoms with Crippen LogP contribution in [0.1, 0.15) is 37.0 Å². The van der Waals surface area contributed by atoms with Gasteiger partial charge in [0.2, 0.25) is 0 Å². The van der Waals surface area contributed by atoms with Gasteiger partial charge in [-0.05, 0) is 31.2 Å². The Balaban J connectivity index is 1.35. The SMILES string of the molecule is COc1ccccc1-c1cc(C)ncc1C(=O)Nc1nc2c(s1)CN(C(=O)c1ccncc1)C2. The zero-order valence-corrected chi connectivity index (χ0v) is 19.4. The Morgan fingerprint density at radius 3 is 2.65 bits per heavy atom. The summed E-state index contributed by atoms with van der Waals surface area (Å²) in [6.07, 6.45) is 4.78. The molecule has 0 saturated carbocycles. The summed E-state index contributed by atoms with van der Waals surface area (Å²) in [5, 5.41) is 3.40. The molecule has 1 aromatic carbocycles. The summed E-state index contributed by atoms with van der Waals surface area (Å²) in [6.45, 7) is 2.75. The van der Waals surface area contributed by atoms with Gasteiger partial charge in [-0.25, -0.2) is 4.98 Å². The van der Waals surface area contributed by atoms with Gasteiger partial charge in [-0.3, -0.25) is 24.9 Å². The molecule has 1 N–H and O–H groups in total. The third kappa shape index (κ3) is 4.13. The predicted octanol–water partition coefficient (Wildman–Crippen LogP) is 4.33. The fraction of sp³-hybridized carbons (Fsp3) is 0.160. The highest BCUT2D eigenvalue weighted by Gasteiger charge is 2.28. The average Bonchev–Trinajstić information content (AvgIpc) is 3.42. The largest absolute Gasteiger partial charge is 0.496 e. The Hall–Kier alpha value is -4.11. The molecule has 0 spiro atoms. The summed E-state index contributed by atoms with van der Waals surface area (Å²) in [6, 6.07) is 12.8. The number of thiazole rings is 1. The molecule has 0 unspecified atom stereocenters. The highest BCUT2D eigenvalue weighted by Crippen LogP contribution is 2.34.